The van der Waals surface area contributed by atoms with E-state index in [2.05, 4.69) is 16.8 Å². The van der Waals surface area contributed by atoms with Gasteiger partial charge in [0.15, 0.2) is 0 Å². The third-order valence-electron chi connectivity index (χ3n) is 2.66. The number of rotatable bonds is 1. The number of nitrogens with zero attached hydrogens (tertiary/aromatic N) is 2. The number of pyridine rings is 1. The molecule has 2 rings (SSSR count). The van der Waals surface area contributed by atoms with Crippen LogP contribution in [0, 0.1) is 11.8 Å². The summed E-state index contributed by atoms with van der Waals surface area (Å²) in [6.07, 6.45) is 4.20. The molecule has 0 spiro atoms. The topological polar surface area (TPSA) is 53.4 Å². The summed E-state index contributed by atoms with van der Waals surface area (Å²) in [7, 11) is 0. The summed E-state index contributed by atoms with van der Waals surface area (Å²) in [6.45, 7) is 0.559. The zero-order valence-electron chi connectivity index (χ0n) is 9.52. The Balaban J connectivity index is 2.23. The number of anilines is 1. The molecular formula is C13H14N2O2. The van der Waals surface area contributed by atoms with Crippen LogP contribution < -0.4 is 4.90 Å². The first-order valence-electron chi connectivity index (χ1n) is 5.67. The standard InChI is InChI=1S/C13H14N2O2/c16-9-3-4-11-6-7-14-12(10-11)15-8-2-1-5-13(15)17/h6-7,10,16H,1-2,5,8-9H2. The van der Waals surface area contributed by atoms with Crippen molar-refractivity contribution < 1.29 is 9.90 Å². The molecule has 1 N–H and O–H groups in total. The van der Waals surface area contributed by atoms with Crippen LogP contribution in [0.3, 0.4) is 0 Å². The van der Waals surface area contributed by atoms with E-state index in [1.807, 2.05) is 0 Å². The lowest BCUT2D eigenvalue weighted by molar-refractivity contribution is -0.119. The number of aliphatic hydroxyl groups is 1. The lowest BCUT2D eigenvalue weighted by atomic mass is 10.1. The number of aliphatic hydroxyl groups excluding tert-OH is 1. The summed E-state index contributed by atoms with van der Waals surface area (Å²) in [5.41, 5.74) is 0.766. The largest absolute Gasteiger partial charge is 0.384 e. The van der Waals surface area contributed by atoms with E-state index < -0.39 is 0 Å². The van der Waals surface area contributed by atoms with E-state index in [1.165, 1.54) is 0 Å². The van der Waals surface area contributed by atoms with Crippen LogP contribution in [-0.2, 0) is 4.79 Å². The smallest absolute Gasteiger partial charge is 0.228 e. The second kappa shape index (κ2) is 5.46. The number of carbonyl (C=O) groups is 1. The Kier molecular flexibility index (Phi) is 3.73. The van der Waals surface area contributed by atoms with Gasteiger partial charge in [-0.05, 0) is 25.0 Å². The normalized spacial score (nSPS) is 15.4. The third-order valence-corrected chi connectivity index (χ3v) is 2.66. The number of aromatic nitrogens is 1. The van der Waals surface area contributed by atoms with E-state index in [-0.39, 0.29) is 12.5 Å². The molecule has 1 aromatic rings. The second-order valence-corrected chi connectivity index (χ2v) is 3.87. The second-order valence-electron chi connectivity index (χ2n) is 3.87. The van der Waals surface area contributed by atoms with Crippen molar-refractivity contribution in [3.8, 4) is 11.8 Å². The molecule has 1 saturated heterocycles. The zero-order valence-corrected chi connectivity index (χ0v) is 9.52. The Bertz CT molecular complexity index is 474. The SMILES string of the molecule is O=C1CCCCN1c1cc(C#CCO)ccn1. The molecule has 0 radical (unpaired) electrons. The Morgan fingerprint density at radius 1 is 1.47 bits per heavy atom. The molecule has 0 aromatic carbocycles. The van der Waals surface area contributed by atoms with Gasteiger partial charge in [0.2, 0.25) is 5.91 Å². The highest BCUT2D eigenvalue weighted by Gasteiger charge is 2.20. The van der Waals surface area contributed by atoms with Gasteiger partial charge in [0.1, 0.15) is 12.4 Å². The van der Waals surface area contributed by atoms with Crippen molar-refractivity contribution in [1.29, 1.82) is 0 Å². The van der Waals surface area contributed by atoms with Gasteiger partial charge in [0, 0.05) is 24.7 Å². The summed E-state index contributed by atoms with van der Waals surface area (Å²) in [5, 5.41) is 8.63. The highest BCUT2D eigenvalue weighted by molar-refractivity contribution is 5.93. The molecule has 0 bridgehead atoms. The van der Waals surface area contributed by atoms with Crippen LogP contribution in [0.1, 0.15) is 24.8 Å². The molecule has 0 unspecified atom stereocenters. The predicted molar refractivity (Wildman–Crippen MR) is 64.4 cm³/mol. The Labute approximate surface area is 100 Å². The van der Waals surface area contributed by atoms with Gasteiger partial charge in [-0.15, -0.1) is 0 Å². The molecule has 1 amide bonds. The van der Waals surface area contributed by atoms with Crippen molar-refractivity contribution in [3.63, 3.8) is 0 Å². The van der Waals surface area contributed by atoms with Crippen LogP contribution in [0.5, 0.6) is 0 Å². The van der Waals surface area contributed by atoms with Crippen molar-refractivity contribution in [2.24, 2.45) is 0 Å². The third kappa shape index (κ3) is 2.83. The maximum absolute atomic E-state index is 11.7. The van der Waals surface area contributed by atoms with Crippen LogP contribution in [0.2, 0.25) is 0 Å². The fourth-order valence-corrected chi connectivity index (χ4v) is 1.83. The molecule has 4 nitrogen and oxygen atoms in total. The first-order valence-corrected chi connectivity index (χ1v) is 5.67. The average molecular weight is 230 g/mol. The average Bonchev–Trinajstić information content (AvgIpc) is 2.37. The summed E-state index contributed by atoms with van der Waals surface area (Å²) >= 11 is 0. The number of hydrogen-bond acceptors (Lipinski definition) is 3. The van der Waals surface area contributed by atoms with Crippen molar-refractivity contribution in [2.75, 3.05) is 18.1 Å². The Morgan fingerprint density at radius 2 is 2.35 bits per heavy atom. The highest BCUT2D eigenvalue weighted by atomic mass is 16.2. The minimum atomic E-state index is -0.166. The molecule has 0 atom stereocenters. The molecule has 0 aliphatic carbocycles. The molecular weight excluding hydrogens is 216 g/mol. The lowest BCUT2D eigenvalue weighted by Gasteiger charge is -2.25. The van der Waals surface area contributed by atoms with Crippen LogP contribution >= 0.6 is 0 Å². The van der Waals surface area contributed by atoms with Gasteiger partial charge >= 0.3 is 0 Å². The fourth-order valence-electron chi connectivity index (χ4n) is 1.83. The molecule has 1 aliphatic heterocycles. The van der Waals surface area contributed by atoms with E-state index in [9.17, 15) is 4.79 Å². The summed E-state index contributed by atoms with van der Waals surface area (Å²) < 4.78 is 0. The Morgan fingerprint density at radius 3 is 3.12 bits per heavy atom. The molecule has 1 aromatic heterocycles. The first-order chi connectivity index (χ1) is 8.31. The monoisotopic (exact) mass is 230 g/mol. The highest BCUT2D eigenvalue weighted by Crippen LogP contribution is 2.19. The van der Waals surface area contributed by atoms with E-state index in [4.69, 9.17) is 5.11 Å². The minimum Gasteiger partial charge on any atom is -0.384 e. The van der Waals surface area contributed by atoms with Gasteiger partial charge in [-0.2, -0.15) is 0 Å². The summed E-state index contributed by atoms with van der Waals surface area (Å²) in [6, 6.07) is 3.55. The van der Waals surface area contributed by atoms with Crippen molar-refractivity contribution in [1.82, 2.24) is 4.98 Å². The molecule has 1 fully saturated rings. The summed E-state index contributed by atoms with van der Waals surface area (Å²) in [4.78, 5) is 17.6. The van der Waals surface area contributed by atoms with E-state index in [0.717, 1.165) is 24.9 Å². The fraction of sp³-hybridized carbons (Fsp3) is 0.385. The number of carbonyl (C=O) groups excluding carboxylic acids is 1. The zero-order chi connectivity index (χ0) is 12.1. The van der Waals surface area contributed by atoms with E-state index in [0.29, 0.717) is 12.2 Å². The van der Waals surface area contributed by atoms with Gasteiger partial charge in [0.05, 0.1) is 0 Å². The van der Waals surface area contributed by atoms with Gasteiger partial charge in [-0.25, -0.2) is 4.98 Å². The van der Waals surface area contributed by atoms with Gasteiger partial charge < -0.3 is 5.11 Å². The van der Waals surface area contributed by atoms with Crippen LogP contribution in [0.15, 0.2) is 18.3 Å². The Hall–Kier alpha value is -1.86. The maximum Gasteiger partial charge on any atom is 0.228 e. The van der Waals surface area contributed by atoms with E-state index in [1.54, 1.807) is 23.2 Å². The predicted octanol–water partition coefficient (Wildman–Crippen LogP) is 0.942. The molecule has 17 heavy (non-hydrogen) atoms. The quantitative estimate of drug-likeness (QED) is 0.731. The van der Waals surface area contributed by atoms with Crippen molar-refractivity contribution >= 4 is 11.7 Å². The van der Waals surface area contributed by atoms with Crippen molar-refractivity contribution in [3.05, 3.63) is 23.9 Å². The molecule has 1 aliphatic rings. The molecule has 4 heteroatoms. The van der Waals surface area contributed by atoms with Gasteiger partial charge in [-0.3, -0.25) is 9.69 Å². The van der Waals surface area contributed by atoms with Crippen LogP contribution in [0.4, 0.5) is 5.82 Å². The minimum absolute atomic E-state index is 0.121. The van der Waals surface area contributed by atoms with Gasteiger partial charge in [0.25, 0.3) is 0 Å². The number of amides is 1. The molecule has 2 heterocycles. The first kappa shape index (κ1) is 11.6. The maximum atomic E-state index is 11.7. The molecule has 88 valence electrons. The molecule has 0 saturated carbocycles. The summed E-state index contributed by atoms with van der Waals surface area (Å²) in [5.74, 6) is 6.16. The van der Waals surface area contributed by atoms with Crippen molar-refractivity contribution in [2.45, 2.75) is 19.3 Å². The van der Waals surface area contributed by atoms with Crippen LogP contribution in [0.25, 0.3) is 0 Å². The lowest BCUT2D eigenvalue weighted by Crippen LogP contribution is -2.35. The number of piperidine rings is 1. The van der Waals surface area contributed by atoms with E-state index >= 15 is 0 Å². The van der Waals surface area contributed by atoms with Gasteiger partial charge in [-0.1, -0.05) is 11.8 Å². The number of hydrogen-bond donors (Lipinski definition) is 1. The van der Waals surface area contributed by atoms with Crippen LogP contribution in [-0.4, -0.2) is 29.1 Å².